The molecule has 0 rings (SSSR count). The van der Waals surface area contributed by atoms with Crippen molar-refractivity contribution in [2.75, 3.05) is 0 Å². The van der Waals surface area contributed by atoms with Crippen LogP contribution >= 0.6 is 0 Å². The van der Waals surface area contributed by atoms with E-state index >= 15 is 0 Å². The Balaban J connectivity index is -0.0000000653. The maximum atomic E-state index is 8.93. The number of carbonyl (C=O) groups excluding carboxylic acids is 4. The van der Waals surface area contributed by atoms with E-state index in [2.05, 4.69) is 0 Å². The number of hydrogen-bond donors (Lipinski definition) is 0. The summed E-state index contributed by atoms with van der Waals surface area (Å²) in [5.74, 6) is -8.74. The first-order chi connectivity index (χ1) is 6.29. The number of rotatable bonds is 0. The average molecular weight is 371 g/mol. The van der Waals surface area contributed by atoms with Crippen molar-refractivity contribution in [1.29, 1.82) is 0 Å². The first-order valence-electron chi connectivity index (χ1n) is 2.34. The van der Waals surface area contributed by atoms with Gasteiger partial charge in [0.2, 0.25) is 0 Å². The minimum absolute atomic E-state index is 0. The van der Waals surface area contributed by atoms with Crippen LogP contribution < -0.4 is 20.4 Å². The molecule has 0 aliphatic rings. The van der Waals surface area contributed by atoms with Crippen molar-refractivity contribution < 1.29 is 67.1 Å². The van der Waals surface area contributed by atoms with Crippen LogP contribution in [-0.4, -0.2) is 69.4 Å². The topological polar surface area (TPSA) is 178 Å². The largest absolute Gasteiger partial charge is 2.00 e. The van der Waals surface area contributed by atoms with E-state index < -0.39 is 23.9 Å². The van der Waals surface area contributed by atoms with Crippen molar-refractivity contribution in [3.8, 4) is 0 Å². The first-order valence-corrected chi connectivity index (χ1v) is 3.34. The normalized spacial score (nSPS) is 6.27. The Hall–Kier alpha value is 0.0436. The third-order valence-electron chi connectivity index (χ3n) is 0.333. The Morgan fingerprint density at radius 3 is 0.667 bits per heavy atom. The fraction of sp³-hybridized carbons (Fsp3) is 0. The third-order valence-corrected chi connectivity index (χ3v) is 0.333. The molecule has 0 radical (unpaired) electrons. The smallest absolute Gasteiger partial charge is 2.00 e. The Bertz CT molecular complexity index is 190. The van der Waals surface area contributed by atoms with Crippen LogP contribution in [0, 0.1) is 0 Å². The Kier molecular flexibility index (Phi) is 26.7. The van der Waals surface area contributed by atoms with Gasteiger partial charge in [-0.05, 0) is 0 Å². The monoisotopic (exact) mass is 370 g/mol. The molecule has 0 heterocycles. The zero-order chi connectivity index (χ0) is 12.3. The molecule has 0 bridgehead atoms. The van der Waals surface area contributed by atoms with Crippen LogP contribution in [0.15, 0.2) is 0 Å². The number of carbonyl (C=O) groups is 4. The van der Waals surface area contributed by atoms with Gasteiger partial charge in [0.05, 0.1) is 23.9 Å². The fourth-order valence-electron chi connectivity index (χ4n) is 0. The van der Waals surface area contributed by atoms with Gasteiger partial charge in [-0.3, -0.25) is 0 Å². The van der Waals surface area contributed by atoms with Gasteiger partial charge >= 0.3 is 73.0 Å². The molecule has 11 heteroatoms. The van der Waals surface area contributed by atoms with E-state index in [0.717, 1.165) is 0 Å². The van der Waals surface area contributed by atoms with Crippen LogP contribution in [0.5, 0.6) is 0 Å². The van der Waals surface area contributed by atoms with Crippen LogP contribution in [0.2, 0.25) is 0 Å². The summed E-state index contributed by atoms with van der Waals surface area (Å²) in [4.78, 5) is 35.7. The van der Waals surface area contributed by atoms with Gasteiger partial charge < -0.3 is 39.6 Å². The SMILES string of the molecule is O=C([O-])C(=O)[O-].O=C([O-])C(=O)[O-].[O]=[Zr+2].[Sr+2]. The number of carboxylic acid groups (broad SMARTS) is 4. The summed E-state index contributed by atoms with van der Waals surface area (Å²) in [6, 6.07) is 0. The predicted octanol–water partition coefficient (Wildman–Crippen LogP) is -7.53. The molecule has 15 heavy (non-hydrogen) atoms. The zero-order valence-electron chi connectivity index (χ0n) is 6.88. The minimum Gasteiger partial charge on any atom is 2.00 e. The summed E-state index contributed by atoms with van der Waals surface area (Å²) in [7, 11) is 0. The van der Waals surface area contributed by atoms with Crippen molar-refractivity contribution in [1.82, 2.24) is 0 Å². The summed E-state index contributed by atoms with van der Waals surface area (Å²) in [6.45, 7) is 0. The molecular weight excluding hydrogens is 371 g/mol. The quantitative estimate of drug-likeness (QED) is 0.295. The van der Waals surface area contributed by atoms with E-state index in [1.54, 1.807) is 0 Å². The maximum absolute atomic E-state index is 8.93. The van der Waals surface area contributed by atoms with E-state index in [1.165, 1.54) is 0 Å². The van der Waals surface area contributed by atoms with Crippen molar-refractivity contribution in [2.24, 2.45) is 0 Å². The number of carboxylic acids is 4. The van der Waals surface area contributed by atoms with Gasteiger partial charge in [-0.2, -0.15) is 0 Å². The molecule has 0 aliphatic carbocycles. The summed E-state index contributed by atoms with van der Waals surface area (Å²) >= 11 is 0.300. The van der Waals surface area contributed by atoms with Gasteiger partial charge in [0.25, 0.3) is 0 Å². The molecule has 0 aromatic rings. The minimum atomic E-state index is -2.19. The van der Waals surface area contributed by atoms with E-state index in [-0.39, 0.29) is 45.5 Å². The third kappa shape index (κ3) is 31.5. The molecule has 0 aliphatic heterocycles. The second kappa shape index (κ2) is 16.5. The van der Waals surface area contributed by atoms with Crippen LogP contribution in [-0.2, 0) is 46.7 Å². The van der Waals surface area contributed by atoms with Gasteiger partial charge in [0, 0.05) is 0 Å². The van der Waals surface area contributed by atoms with E-state index in [9.17, 15) is 0 Å². The Morgan fingerprint density at radius 2 is 0.667 bits per heavy atom. The number of hydrogen-bond acceptors (Lipinski definition) is 9. The van der Waals surface area contributed by atoms with Crippen molar-refractivity contribution >= 4 is 69.4 Å². The molecule has 9 nitrogen and oxygen atoms in total. The van der Waals surface area contributed by atoms with Crippen LogP contribution in [0.4, 0.5) is 0 Å². The van der Waals surface area contributed by atoms with Gasteiger partial charge in [-0.15, -0.1) is 0 Å². The van der Waals surface area contributed by atoms with Crippen molar-refractivity contribution in [3.05, 3.63) is 0 Å². The van der Waals surface area contributed by atoms with Crippen molar-refractivity contribution in [3.63, 3.8) is 0 Å². The Labute approximate surface area is 135 Å². The number of aliphatic carboxylic acids is 4. The van der Waals surface area contributed by atoms with Gasteiger partial charge in [0.15, 0.2) is 0 Å². The Morgan fingerprint density at radius 1 is 0.600 bits per heavy atom. The summed E-state index contributed by atoms with van der Waals surface area (Å²) < 4.78 is 8.34. The molecule has 0 atom stereocenters. The molecule has 0 fully saturated rings. The van der Waals surface area contributed by atoms with E-state index in [1.807, 2.05) is 0 Å². The van der Waals surface area contributed by atoms with Crippen LogP contribution in [0.3, 0.4) is 0 Å². The van der Waals surface area contributed by atoms with Crippen molar-refractivity contribution in [2.45, 2.75) is 0 Å². The zero-order valence-corrected chi connectivity index (χ0v) is 12.8. The molecule has 0 saturated heterocycles. The van der Waals surface area contributed by atoms with Crippen LogP contribution in [0.1, 0.15) is 0 Å². The molecule has 0 N–H and O–H groups in total. The van der Waals surface area contributed by atoms with Crippen LogP contribution in [0.25, 0.3) is 0 Å². The van der Waals surface area contributed by atoms with Gasteiger partial charge in [0.1, 0.15) is 0 Å². The molecule has 0 unspecified atom stereocenters. The molecular formula is C4O9SrZr. The summed E-state index contributed by atoms with van der Waals surface area (Å²) in [6.07, 6.45) is 0. The summed E-state index contributed by atoms with van der Waals surface area (Å²) in [5, 5.41) is 35.7. The second-order valence-corrected chi connectivity index (χ2v) is 1.15. The van der Waals surface area contributed by atoms with Gasteiger partial charge in [-0.1, -0.05) is 0 Å². The molecule has 0 aromatic carbocycles. The average Bonchev–Trinajstić information content (AvgIpc) is 2.08. The first kappa shape index (κ1) is 24.3. The molecule has 0 aromatic heterocycles. The van der Waals surface area contributed by atoms with E-state index in [0.29, 0.717) is 24.7 Å². The molecule has 0 spiro atoms. The fourth-order valence-corrected chi connectivity index (χ4v) is 0. The second-order valence-electron chi connectivity index (χ2n) is 1.15. The standard InChI is InChI=1S/2C2H2O4.O.Sr.Zr/c2*3-1(4)2(5)6;;;/h2*(H,3,4)(H,5,6);;;/q;;;2*+2/p-4. The maximum Gasteiger partial charge on any atom is 2.00 e. The molecule has 0 amide bonds. The van der Waals surface area contributed by atoms with E-state index in [4.69, 9.17) is 42.4 Å². The summed E-state index contributed by atoms with van der Waals surface area (Å²) in [5.41, 5.74) is 0. The predicted molar refractivity (Wildman–Crippen MR) is 26.5 cm³/mol. The van der Waals surface area contributed by atoms with Gasteiger partial charge in [-0.25, -0.2) is 0 Å². The molecule has 0 saturated carbocycles. The molecule has 76 valence electrons.